The molecule has 2 rings (SSSR count). The highest BCUT2D eigenvalue weighted by Gasteiger charge is 2.21. The number of amides is 1. The van der Waals surface area contributed by atoms with Crippen LogP contribution in [-0.4, -0.2) is 51.7 Å². The summed E-state index contributed by atoms with van der Waals surface area (Å²) in [5, 5.41) is 21.7. The predicted molar refractivity (Wildman–Crippen MR) is 83.5 cm³/mol. The van der Waals surface area contributed by atoms with Crippen molar-refractivity contribution in [3.05, 3.63) is 23.8 Å². The van der Waals surface area contributed by atoms with E-state index in [0.717, 1.165) is 25.9 Å². The number of aromatic hydroxyl groups is 2. The normalized spacial score (nSPS) is 16.6. The molecule has 1 aromatic carbocycles. The third-order valence-electron chi connectivity index (χ3n) is 3.47. The van der Waals surface area contributed by atoms with Gasteiger partial charge in [0, 0.05) is 37.3 Å². The van der Waals surface area contributed by atoms with E-state index in [9.17, 15) is 15.0 Å². The van der Waals surface area contributed by atoms with E-state index in [-0.39, 0.29) is 29.0 Å². The monoisotopic (exact) mass is 309 g/mol. The zero-order valence-electron chi connectivity index (χ0n) is 11.6. The van der Waals surface area contributed by atoms with E-state index in [4.69, 9.17) is 18.0 Å². The van der Waals surface area contributed by atoms with E-state index < -0.39 is 0 Å². The van der Waals surface area contributed by atoms with Gasteiger partial charge in [-0.15, -0.1) is 0 Å². The van der Waals surface area contributed by atoms with Crippen molar-refractivity contribution in [1.29, 1.82) is 0 Å². The Bertz CT molecular complexity index is 522. The van der Waals surface area contributed by atoms with Crippen LogP contribution >= 0.6 is 12.2 Å². The summed E-state index contributed by atoms with van der Waals surface area (Å²) in [6.07, 6.45) is 1.64. The number of carbonyl (C=O) groups is 1. The Labute approximate surface area is 128 Å². The lowest BCUT2D eigenvalue weighted by Crippen LogP contribution is -2.46. The standard InChI is InChI=1S/C14H19N3O3S/c15-13(21)8-17-3-1-10(2-4-17)16-14(20)9-5-11(18)7-12(19)6-9/h5-7,10,18-19H,1-4,8H2,(H2,15,21)(H,16,20). The number of thiocarbonyl (C=S) groups is 1. The molecule has 1 fully saturated rings. The van der Waals surface area contributed by atoms with Crippen LogP contribution in [-0.2, 0) is 0 Å². The minimum absolute atomic E-state index is 0.0737. The highest BCUT2D eigenvalue weighted by Crippen LogP contribution is 2.20. The molecule has 0 aromatic heterocycles. The Morgan fingerprint density at radius 3 is 2.38 bits per heavy atom. The summed E-state index contributed by atoms with van der Waals surface area (Å²) in [6.45, 7) is 2.26. The summed E-state index contributed by atoms with van der Waals surface area (Å²) in [7, 11) is 0. The van der Waals surface area contributed by atoms with Gasteiger partial charge in [-0.25, -0.2) is 0 Å². The van der Waals surface area contributed by atoms with E-state index in [1.807, 2.05) is 0 Å². The smallest absolute Gasteiger partial charge is 0.251 e. The van der Waals surface area contributed by atoms with Crippen LogP contribution in [0, 0.1) is 0 Å². The van der Waals surface area contributed by atoms with Gasteiger partial charge < -0.3 is 21.3 Å². The third kappa shape index (κ3) is 4.57. The van der Waals surface area contributed by atoms with Crippen molar-refractivity contribution in [3.63, 3.8) is 0 Å². The molecule has 1 heterocycles. The fourth-order valence-electron chi connectivity index (χ4n) is 2.45. The number of nitrogens with zero attached hydrogens (tertiary/aromatic N) is 1. The molecule has 0 bridgehead atoms. The second-order valence-corrected chi connectivity index (χ2v) is 5.75. The molecule has 114 valence electrons. The molecule has 5 N–H and O–H groups in total. The fourth-order valence-corrected chi connectivity index (χ4v) is 2.63. The molecule has 6 nitrogen and oxygen atoms in total. The molecule has 1 amide bonds. The Kier molecular flexibility index (Phi) is 4.98. The van der Waals surface area contributed by atoms with Crippen LogP contribution in [0.5, 0.6) is 11.5 Å². The molecule has 0 aliphatic carbocycles. The van der Waals surface area contributed by atoms with Crippen LogP contribution in [0.2, 0.25) is 0 Å². The average molecular weight is 309 g/mol. The van der Waals surface area contributed by atoms with Crippen LogP contribution in [0.4, 0.5) is 0 Å². The summed E-state index contributed by atoms with van der Waals surface area (Å²) < 4.78 is 0. The summed E-state index contributed by atoms with van der Waals surface area (Å²) >= 11 is 4.88. The first-order valence-electron chi connectivity index (χ1n) is 6.78. The number of nitrogens with two attached hydrogens (primary N) is 1. The SMILES string of the molecule is NC(=S)CN1CCC(NC(=O)c2cc(O)cc(O)c2)CC1. The number of benzene rings is 1. The molecule has 0 unspecified atom stereocenters. The van der Waals surface area contributed by atoms with Crippen LogP contribution in [0.25, 0.3) is 0 Å². The number of phenolic OH excluding ortho intramolecular Hbond substituents is 2. The molecule has 0 atom stereocenters. The van der Waals surface area contributed by atoms with Crippen LogP contribution < -0.4 is 11.1 Å². The Morgan fingerprint density at radius 1 is 1.29 bits per heavy atom. The Balaban J connectivity index is 1.88. The fraction of sp³-hybridized carbons (Fsp3) is 0.429. The second-order valence-electron chi connectivity index (χ2n) is 5.23. The summed E-state index contributed by atoms with van der Waals surface area (Å²) in [6, 6.07) is 3.92. The van der Waals surface area contributed by atoms with Crippen LogP contribution in [0.3, 0.4) is 0 Å². The third-order valence-corrected chi connectivity index (χ3v) is 3.60. The van der Waals surface area contributed by atoms with Gasteiger partial charge in [0.05, 0.1) is 4.99 Å². The number of piperidine rings is 1. The number of carbonyl (C=O) groups excluding carboxylic acids is 1. The van der Waals surface area contributed by atoms with E-state index >= 15 is 0 Å². The van der Waals surface area contributed by atoms with E-state index in [0.29, 0.717) is 11.5 Å². The number of hydrogen-bond donors (Lipinski definition) is 4. The molecule has 1 saturated heterocycles. The zero-order valence-corrected chi connectivity index (χ0v) is 12.4. The Morgan fingerprint density at radius 2 is 1.86 bits per heavy atom. The molecular weight excluding hydrogens is 290 g/mol. The summed E-state index contributed by atoms with van der Waals surface area (Å²) in [5.41, 5.74) is 5.76. The molecule has 21 heavy (non-hydrogen) atoms. The number of likely N-dealkylation sites (tertiary alicyclic amines) is 1. The van der Waals surface area contributed by atoms with Gasteiger partial charge in [-0.05, 0) is 25.0 Å². The van der Waals surface area contributed by atoms with Crippen molar-refractivity contribution in [2.75, 3.05) is 19.6 Å². The molecule has 7 heteroatoms. The van der Waals surface area contributed by atoms with Crippen molar-refractivity contribution in [2.45, 2.75) is 18.9 Å². The number of phenols is 2. The van der Waals surface area contributed by atoms with E-state index in [2.05, 4.69) is 10.2 Å². The Hall–Kier alpha value is -1.86. The first-order valence-corrected chi connectivity index (χ1v) is 7.19. The quantitative estimate of drug-likeness (QED) is 0.607. The second kappa shape index (κ2) is 6.73. The van der Waals surface area contributed by atoms with Crippen molar-refractivity contribution in [1.82, 2.24) is 10.2 Å². The predicted octanol–water partition coefficient (Wildman–Crippen LogP) is 0.578. The maximum atomic E-state index is 12.1. The maximum absolute atomic E-state index is 12.1. The first-order chi connectivity index (χ1) is 9.94. The van der Waals surface area contributed by atoms with Crippen molar-refractivity contribution >= 4 is 23.1 Å². The molecule has 1 aromatic rings. The van der Waals surface area contributed by atoms with Crippen molar-refractivity contribution < 1.29 is 15.0 Å². The topological polar surface area (TPSA) is 98.8 Å². The van der Waals surface area contributed by atoms with Gasteiger partial charge in [-0.2, -0.15) is 0 Å². The van der Waals surface area contributed by atoms with Crippen LogP contribution in [0.1, 0.15) is 23.2 Å². The lowest BCUT2D eigenvalue weighted by molar-refractivity contribution is 0.0914. The molecule has 0 radical (unpaired) electrons. The van der Waals surface area contributed by atoms with Gasteiger partial charge >= 0.3 is 0 Å². The molecular formula is C14H19N3O3S. The number of nitrogens with one attached hydrogen (secondary N) is 1. The van der Waals surface area contributed by atoms with E-state index in [1.54, 1.807) is 0 Å². The van der Waals surface area contributed by atoms with Gasteiger partial charge in [-0.3, -0.25) is 9.69 Å². The zero-order chi connectivity index (χ0) is 15.4. The number of rotatable bonds is 4. The first kappa shape index (κ1) is 15.5. The van der Waals surface area contributed by atoms with Gasteiger partial charge in [0.2, 0.25) is 0 Å². The lowest BCUT2D eigenvalue weighted by Gasteiger charge is -2.31. The summed E-state index contributed by atoms with van der Waals surface area (Å²) in [4.78, 5) is 14.7. The van der Waals surface area contributed by atoms with Gasteiger partial charge in [0.1, 0.15) is 11.5 Å². The van der Waals surface area contributed by atoms with Crippen molar-refractivity contribution in [2.24, 2.45) is 5.73 Å². The van der Waals surface area contributed by atoms with Gasteiger partial charge in [0.15, 0.2) is 0 Å². The molecule has 0 saturated carbocycles. The highest BCUT2D eigenvalue weighted by molar-refractivity contribution is 7.80. The highest BCUT2D eigenvalue weighted by atomic mass is 32.1. The van der Waals surface area contributed by atoms with Gasteiger partial charge in [-0.1, -0.05) is 12.2 Å². The maximum Gasteiger partial charge on any atom is 0.251 e. The van der Waals surface area contributed by atoms with Crippen LogP contribution in [0.15, 0.2) is 18.2 Å². The molecule has 1 aliphatic rings. The minimum Gasteiger partial charge on any atom is -0.508 e. The van der Waals surface area contributed by atoms with Crippen molar-refractivity contribution in [3.8, 4) is 11.5 Å². The largest absolute Gasteiger partial charge is 0.508 e. The molecule has 0 spiro atoms. The van der Waals surface area contributed by atoms with E-state index in [1.165, 1.54) is 18.2 Å². The minimum atomic E-state index is -0.297. The molecule has 1 aliphatic heterocycles. The number of hydrogen-bond acceptors (Lipinski definition) is 5. The lowest BCUT2D eigenvalue weighted by atomic mass is 10.0. The average Bonchev–Trinajstić information content (AvgIpc) is 2.39. The van der Waals surface area contributed by atoms with Gasteiger partial charge in [0.25, 0.3) is 5.91 Å². The summed E-state index contributed by atoms with van der Waals surface area (Å²) in [5.74, 6) is -0.563.